The molecular weight excluding hydrogens is 174 g/mol. The van der Waals surface area contributed by atoms with Gasteiger partial charge in [0.05, 0.1) is 0 Å². The van der Waals surface area contributed by atoms with Gasteiger partial charge in [-0.25, -0.2) is 0 Å². The van der Waals surface area contributed by atoms with Gasteiger partial charge >= 0.3 is 0 Å². The molecule has 0 spiro atoms. The van der Waals surface area contributed by atoms with Crippen molar-refractivity contribution in [2.45, 2.75) is 33.1 Å². The van der Waals surface area contributed by atoms with E-state index in [0.29, 0.717) is 12.2 Å². The Balaban J connectivity index is 2.38. The van der Waals surface area contributed by atoms with Crippen LogP contribution in [0.5, 0.6) is 0 Å². The lowest BCUT2D eigenvalue weighted by Crippen LogP contribution is -2.10. The first-order chi connectivity index (χ1) is 6.74. The molecule has 0 radical (unpaired) electrons. The molecule has 0 aliphatic heterocycles. The van der Waals surface area contributed by atoms with E-state index < -0.39 is 0 Å². The molecule has 0 N–H and O–H groups in total. The highest BCUT2D eigenvalue weighted by molar-refractivity contribution is 5.80. The summed E-state index contributed by atoms with van der Waals surface area (Å²) in [6, 6.07) is 3.92. The smallest absolute Gasteiger partial charge is 0.136 e. The van der Waals surface area contributed by atoms with Crippen LogP contribution in [0.25, 0.3) is 0 Å². The normalized spacial score (nSPS) is 12.4. The summed E-state index contributed by atoms with van der Waals surface area (Å²) < 4.78 is 0. The first-order valence-electron chi connectivity index (χ1n) is 5.15. The number of aryl methyl sites for hydroxylation is 1. The van der Waals surface area contributed by atoms with Crippen LogP contribution in [-0.4, -0.2) is 10.8 Å². The monoisotopic (exact) mass is 191 g/mol. The van der Waals surface area contributed by atoms with Gasteiger partial charge < -0.3 is 0 Å². The molecule has 0 saturated carbocycles. The van der Waals surface area contributed by atoms with Crippen molar-refractivity contribution >= 4 is 5.78 Å². The number of hydrogen-bond acceptors (Lipinski definition) is 2. The number of Topliss-reactive ketones (excluding diaryl/α,β-unsaturated/α-hetero) is 1. The fourth-order valence-corrected chi connectivity index (χ4v) is 1.29. The number of carbonyl (C=O) groups is 1. The zero-order chi connectivity index (χ0) is 10.4. The van der Waals surface area contributed by atoms with Crippen molar-refractivity contribution in [2.75, 3.05) is 0 Å². The number of rotatable bonds is 5. The molecule has 1 rings (SSSR count). The Morgan fingerprint density at radius 1 is 1.43 bits per heavy atom. The van der Waals surface area contributed by atoms with E-state index in [9.17, 15) is 4.79 Å². The van der Waals surface area contributed by atoms with Gasteiger partial charge in [0.15, 0.2) is 0 Å². The highest BCUT2D eigenvalue weighted by Crippen LogP contribution is 2.08. The van der Waals surface area contributed by atoms with E-state index in [4.69, 9.17) is 0 Å². The van der Waals surface area contributed by atoms with Crippen LogP contribution in [-0.2, 0) is 11.2 Å². The van der Waals surface area contributed by atoms with Crippen LogP contribution in [0.4, 0.5) is 0 Å². The zero-order valence-electron chi connectivity index (χ0n) is 8.86. The third-order valence-corrected chi connectivity index (χ3v) is 2.57. The van der Waals surface area contributed by atoms with E-state index >= 15 is 0 Å². The molecule has 1 unspecified atom stereocenters. The molecule has 14 heavy (non-hydrogen) atoms. The largest absolute Gasteiger partial charge is 0.299 e. The SMILES string of the molecule is CCC(C)C(=O)CCc1ccncc1. The molecule has 0 aromatic carbocycles. The average Bonchev–Trinajstić information content (AvgIpc) is 2.26. The van der Waals surface area contributed by atoms with E-state index in [0.717, 1.165) is 12.8 Å². The average molecular weight is 191 g/mol. The molecule has 0 amide bonds. The van der Waals surface area contributed by atoms with Crippen molar-refractivity contribution in [2.24, 2.45) is 5.92 Å². The van der Waals surface area contributed by atoms with E-state index in [-0.39, 0.29) is 5.92 Å². The zero-order valence-corrected chi connectivity index (χ0v) is 8.86. The minimum atomic E-state index is 0.205. The Labute approximate surface area is 85.4 Å². The van der Waals surface area contributed by atoms with Gasteiger partial charge in [0, 0.05) is 24.7 Å². The molecule has 76 valence electrons. The molecular formula is C12H17NO. The van der Waals surface area contributed by atoms with Gasteiger partial charge in [-0.2, -0.15) is 0 Å². The third kappa shape index (κ3) is 3.29. The maximum atomic E-state index is 11.5. The standard InChI is InChI=1S/C12H17NO/c1-3-10(2)12(14)5-4-11-6-8-13-9-7-11/h6-10H,3-5H2,1-2H3. The molecule has 1 aromatic heterocycles. The molecule has 1 heterocycles. The van der Waals surface area contributed by atoms with Gasteiger partial charge in [-0.05, 0) is 30.5 Å². The number of pyridine rings is 1. The van der Waals surface area contributed by atoms with Gasteiger partial charge in [-0.3, -0.25) is 9.78 Å². The predicted molar refractivity (Wildman–Crippen MR) is 57.0 cm³/mol. The molecule has 0 aliphatic rings. The molecule has 0 aliphatic carbocycles. The Morgan fingerprint density at radius 3 is 2.64 bits per heavy atom. The number of carbonyl (C=O) groups excluding carboxylic acids is 1. The summed E-state index contributed by atoms with van der Waals surface area (Å²) in [5, 5.41) is 0. The van der Waals surface area contributed by atoms with Crippen LogP contribution in [0.2, 0.25) is 0 Å². The summed E-state index contributed by atoms with van der Waals surface area (Å²) in [5.74, 6) is 0.571. The maximum Gasteiger partial charge on any atom is 0.136 e. The highest BCUT2D eigenvalue weighted by Gasteiger charge is 2.09. The summed E-state index contributed by atoms with van der Waals surface area (Å²) in [6.07, 6.45) is 5.96. The first kappa shape index (κ1) is 10.9. The summed E-state index contributed by atoms with van der Waals surface area (Å²) in [5.41, 5.74) is 1.19. The van der Waals surface area contributed by atoms with Crippen LogP contribution in [0, 0.1) is 5.92 Å². The Bertz CT molecular complexity index is 282. The van der Waals surface area contributed by atoms with Crippen molar-refractivity contribution in [1.29, 1.82) is 0 Å². The quantitative estimate of drug-likeness (QED) is 0.716. The molecule has 2 heteroatoms. The number of ketones is 1. The summed E-state index contributed by atoms with van der Waals surface area (Å²) >= 11 is 0. The molecule has 1 aromatic rings. The minimum absolute atomic E-state index is 0.205. The topological polar surface area (TPSA) is 30.0 Å². The summed E-state index contributed by atoms with van der Waals surface area (Å²) in [6.45, 7) is 4.05. The Hall–Kier alpha value is -1.18. The van der Waals surface area contributed by atoms with Crippen LogP contribution < -0.4 is 0 Å². The highest BCUT2D eigenvalue weighted by atomic mass is 16.1. The predicted octanol–water partition coefficient (Wildman–Crippen LogP) is 2.63. The minimum Gasteiger partial charge on any atom is -0.299 e. The fourth-order valence-electron chi connectivity index (χ4n) is 1.29. The van der Waals surface area contributed by atoms with E-state index in [1.54, 1.807) is 12.4 Å². The Kier molecular flexibility index (Phi) is 4.30. The van der Waals surface area contributed by atoms with Crippen molar-refractivity contribution in [1.82, 2.24) is 4.98 Å². The summed E-state index contributed by atoms with van der Waals surface area (Å²) in [7, 11) is 0. The molecule has 0 bridgehead atoms. The molecule has 0 fully saturated rings. The summed E-state index contributed by atoms with van der Waals surface area (Å²) in [4.78, 5) is 15.5. The molecule has 2 nitrogen and oxygen atoms in total. The van der Waals surface area contributed by atoms with E-state index in [1.165, 1.54) is 5.56 Å². The first-order valence-corrected chi connectivity index (χ1v) is 5.15. The van der Waals surface area contributed by atoms with Crippen LogP contribution >= 0.6 is 0 Å². The van der Waals surface area contributed by atoms with Crippen molar-refractivity contribution < 1.29 is 4.79 Å². The van der Waals surface area contributed by atoms with Gasteiger partial charge in [0.1, 0.15) is 5.78 Å². The molecule has 1 atom stereocenters. The van der Waals surface area contributed by atoms with Gasteiger partial charge in [0.25, 0.3) is 0 Å². The second kappa shape index (κ2) is 5.53. The lowest BCUT2D eigenvalue weighted by molar-refractivity contribution is -0.122. The lowest BCUT2D eigenvalue weighted by atomic mass is 9.98. The van der Waals surface area contributed by atoms with E-state index in [1.807, 2.05) is 19.1 Å². The van der Waals surface area contributed by atoms with Gasteiger partial charge in [-0.1, -0.05) is 13.8 Å². The Morgan fingerprint density at radius 2 is 2.07 bits per heavy atom. The van der Waals surface area contributed by atoms with Gasteiger partial charge in [-0.15, -0.1) is 0 Å². The van der Waals surface area contributed by atoms with Crippen molar-refractivity contribution in [3.8, 4) is 0 Å². The number of hydrogen-bond donors (Lipinski definition) is 0. The van der Waals surface area contributed by atoms with Crippen molar-refractivity contribution in [3.05, 3.63) is 30.1 Å². The lowest BCUT2D eigenvalue weighted by Gasteiger charge is -2.06. The number of nitrogens with zero attached hydrogens (tertiary/aromatic N) is 1. The van der Waals surface area contributed by atoms with Crippen LogP contribution in [0.3, 0.4) is 0 Å². The van der Waals surface area contributed by atoms with Crippen LogP contribution in [0.15, 0.2) is 24.5 Å². The second-order valence-corrected chi connectivity index (χ2v) is 3.63. The number of aromatic nitrogens is 1. The van der Waals surface area contributed by atoms with Crippen LogP contribution in [0.1, 0.15) is 32.3 Å². The molecule has 0 saturated heterocycles. The third-order valence-electron chi connectivity index (χ3n) is 2.57. The fraction of sp³-hybridized carbons (Fsp3) is 0.500. The van der Waals surface area contributed by atoms with E-state index in [2.05, 4.69) is 11.9 Å². The van der Waals surface area contributed by atoms with Crippen molar-refractivity contribution in [3.63, 3.8) is 0 Å². The maximum absolute atomic E-state index is 11.5. The van der Waals surface area contributed by atoms with Gasteiger partial charge in [0.2, 0.25) is 0 Å². The second-order valence-electron chi connectivity index (χ2n) is 3.63.